The third-order valence-electron chi connectivity index (χ3n) is 4.11. The number of rotatable bonds is 3. The lowest BCUT2D eigenvalue weighted by Gasteiger charge is -2.40. The molecule has 2 rings (SSSR count). The molecule has 0 aromatic heterocycles. The van der Waals surface area contributed by atoms with Gasteiger partial charge in [-0.2, -0.15) is 0 Å². The zero-order valence-corrected chi connectivity index (χ0v) is 17.0. The summed E-state index contributed by atoms with van der Waals surface area (Å²) in [5.41, 5.74) is 0. The summed E-state index contributed by atoms with van der Waals surface area (Å²) in [6, 6.07) is 0.774. The predicted molar refractivity (Wildman–Crippen MR) is 103 cm³/mol. The Morgan fingerprint density at radius 1 is 0.870 bits per heavy atom. The summed E-state index contributed by atoms with van der Waals surface area (Å²) < 4.78 is 0. The quantitative estimate of drug-likeness (QED) is 0.856. The topological polar surface area (TPSA) is 35.6 Å². The molecule has 0 aromatic rings. The number of carbonyl (C=O) groups is 1. The molecule has 1 amide bonds. The third kappa shape index (κ3) is 10.7. The number of nitrogens with one attached hydrogen (secondary N) is 1. The van der Waals surface area contributed by atoms with E-state index >= 15 is 0 Å². The highest BCUT2D eigenvalue weighted by atomic mass is 16.1. The van der Waals surface area contributed by atoms with E-state index in [1.807, 2.05) is 41.5 Å². The van der Waals surface area contributed by atoms with Crippen molar-refractivity contribution in [2.75, 3.05) is 39.8 Å². The number of piperidine rings is 2. The fraction of sp³-hybridized carbons (Fsp3) is 0.947. The molecule has 2 heterocycles. The van der Waals surface area contributed by atoms with Crippen LogP contribution in [-0.4, -0.2) is 61.5 Å². The highest BCUT2D eigenvalue weighted by molar-refractivity contribution is 5.77. The first-order chi connectivity index (χ1) is 11.3. The van der Waals surface area contributed by atoms with Gasteiger partial charge in [0.15, 0.2) is 0 Å². The predicted octanol–water partition coefficient (Wildman–Crippen LogP) is 3.76. The summed E-state index contributed by atoms with van der Waals surface area (Å²) in [6.07, 6.45) is 6.62. The molecule has 2 saturated heterocycles. The molecule has 2 fully saturated rings. The SMILES string of the molecule is CC.CC.CC.CNC(=O)CN1CCC(N2CCCCC2)CC1. The van der Waals surface area contributed by atoms with Gasteiger partial charge in [-0.25, -0.2) is 0 Å². The highest BCUT2D eigenvalue weighted by Crippen LogP contribution is 2.20. The van der Waals surface area contributed by atoms with Crippen molar-refractivity contribution in [1.29, 1.82) is 0 Å². The van der Waals surface area contributed by atoms with Gasteiger partial charge < -0.3 is 10.2 Å². The smallest absolute Gasteiger partial charge is 0.233 e. The van der Waals surface area contributed by atoms with E-state index in [4.69, 9.17) is 0 Å². The van der Waals surface area contributed by atoms with Gasteiger partial charge in [0.25, 0.3) is 0 Å². The van der Waals surface area contributed by atoms with Gasteiger partial charge in [-0.05, 0) is 38.8 Å². The van der Waals surface area contributed by atoms with Gasteiger partial charge in [-0.15, -0.1) is 0 Å². The van der Waals surface area contributed by atoms with E-state index in [9.17, 15) is 4.79 Å². The minimum atomic E-state index is 0.140. The van der Waals surface area contributed by atoms with Crippen molar-refractivity contribution in [3.8, 4) is 0 Å². The highest BCUT2D eigenvalue weighted by Gasteiger charge is 2.25. The van der Waals surface area contributed by atoms with E-state index in [0.717, 1.165) is 19.1 Å². The number of hydrogen-bond donors (Lipinski definition) is 1. The maximum absolute atomic E-state index is 11.3. The largest absolute Gasteiger partial charge is 0.358 e. The van der Waals surface area contributed by atoms with Crippen LogP contribution in [0, 0.1) is 0 Å². The lowest BCUT2D eigenvalue weighted by molar-refractivity contribution is -0.122. The molecule has 2 aliphatic rings. The van der Waals surface area contributed by atoms with Crippen molar-refractivity contribution >= 4 is 5.91 Å². The van der Waals surface area contributed by atoms with E-state index in [0.29, 0.717) is 6.54 Å². The minimum absolute atomic E-state index is 0.140. The number of amides is 1. The Labute approximate surface area is 146 Å². The van der Waals surface area contributed by atoms with Crippen LogP contribution in [0.1, 0.15) is 73.6 Å². The summed E-state index contributed by atoms with van der Waals surface area (Å²) >= 11 is 0. The average Bonchev–Trinajstić information content (AvgIpc) is 2.68. The van der Waals surface area contributed by atoms with Gasteiger partial charge in [0.1, 0.15) is 0 Å². The van der Waals surface area contributed by atoms with E-state index < -0.39 is 0 Å². The van der Waals surface area contributed by atoms with Crippen LogP contribution in [-0.2, 0) is 4.79 Å². The first-order valence-electron chi connectivity index (χ1n) is 9.96. The lowest BCUT2D eigenvalue weighted by atomic mass is 10.00. The van der Waals surface area contributed by atoms with E-state index in [2.05, 4.69) is 15.1 Å². The van der Waals surface area contributed by atoms with Crippen molar-refractivity contribution in [3.63, 3.8) is 0 Å². The molecule has 23 heavy (non-hydrogen) atoms. The summed E-state index contributed by atoms with van der Waals surface area (Å²) in [5.74, 6) is 0.140. The van der Waals surface area contributed by atoms with Crippen LogP contribution in [0.2, 0.25) is 0 Å². The fourth-order valence-electron chi connectivity index (χ4n) is 3.01. The van der Waals surface area contributed by atoms with Crippen LogP contribution in [0.3, 0.4) is 0 Å². The van der Waals surface area contributed by atoms with Gasteiger partial charge in [-0.1, -0.05) is 48.0 Å². The van der Waals surface area contributed by atoms with Crippen molar-refractivity contribution < 1.29 is 4.79 Å². The van der Waals surface area contributed by atoms with Crippen molar-refractivity contribution in [3.05, 3.63) is 0 Å². The van der Waals surface area contributed by atoms with Gasteiger partial charge in [-0.3, -0.25) is 9.69 Å². The van der Waals surface area contributed by atoms with Crippen LogP contribution >= 0.6 is 0 Å². The number of likely N-dealkylation sites (tertiary alicyclic amines) is 2. The molecule has 0 saturated carbocycles. The Kier molecular flexibility index (Phi) is 19.0. The second-order valence-corrected chi connectivity index (χ2v) is 5.28. The molecule has 0 spiro atoms. The van der Waals surface area contributed by atoms with Gasteiger partial charge in [0.2, 0.25) is 5.91 Å². The zero-order valence-electron chi connectivity index (χ0n) is 17.0. The Bertz CT molecular complexity index is 245. The van der Waals surface area contributed by atoms with Gasteiger partial charge >= 0.3 is 0 Å². The Morgan fingerprint density at radius 2 is 1.35 bits per heavy atom. The van der Waals surface area contributed by atoms with Crippen LogP contribution in [0.15, 0.2) is 0 Å². The number of likely N-dealkylation sites (N-methyl/N-ethyl adjacent to an activating group) is 1. The molecule has 0 bridgehead atoms. The molecule has 0 unspecified atom stereocenters. The van der Waals surface area contributed by atoms with Crippen molar-refractivity contribution in [2.24, 2.45) is 0 Å². The van der Waals surface area contributed by atoms with Crippen LogP contribution in [0.4, 0.5) is 0 Å². The Morgan fingerprint density at radius 3 is 1.78 bits per heavy atom. The number of carbonyl (C=O) groups excluding carboxylic acids is 1. The number of hydrogen-bond acceptors (Lipinski definition) is 3. The number of nitrogens with zero attached hydrogens (tertiary/aromatic N) is 2. The molecule has 0 atom stereocenters. The maximum atomic E-state index is 11.3. The van der Waals surface area contributed by atoms with Gasteiger partial charge in [0, 0.05) is 26.2 Å². The van der Waals surface area contributed by atoms with Crippen LogP contribution < -0.4 is 5.32 Å². The summed E-state index contributed by atoms with van der Waals surface area (Å²) in [5, 5.41) is 2.70. The summed E-state index contributed by atoms with van der Waals surface area (Å²) in [6.45, 7) is 17.3. The van der Waals surface area contributed by atoms with E-state index in [1.54, 1.807) is 7.05 Å². The Hall–Kier alpha value is -0.610. The van der Waals surface area contributed by atoms with Crippen LogP contribution in [0.25, 0.3) is 0 Å². The third-order valence-corrected chi connectivity index (χ3v) is 4.11. The standard InChI is InChI=1S/C13H25N3O.3C2H6/c1-14-13(17)11-15-9-5-12(6-10-15)16-7-3-2-4-8-16;3*1-2/h12H,2-11H2,1H3,(H,14,17);3*1-2H3. The van der Waals surface area contributed by atoms with Crippen LogP contribution in [0.5, 0.6) is 0 Å². The second-order valence-electron chi connectivity index (χ2n) is 5.28. The average molecular weight is 330 g/mol. The molecule has 0 aromatic carbocycles. The van der Waals surface area contributed by atoms with E-state index in [-0.39, 0.29) is 5.91 Å². The minimum Gasteiger partial charge on any atom is -0.358 e. The molecule has 2 aliphatic heterocycles. The first kappa shape index (κ1) is 24.6. The molecular formula is C19H43N3O. The molecule has 1 N–H and O–H groups in total. The second kappa shape index (κ2) is 17.7. The maximum Gasteiger partial charge on any atom is 0.233 e. The monoisotopic (exact) mass is 329 g/mol. The van der Waals surface area contributed by atoms with Crippen molar-refractivity contribution in [2.45, 2.75) is 79.7 Å². The molecule has 4 heteroatoms. The normalized spacial score (nSPS) is 19.1. The Balaban J connectivity index is 0. The summed E-state index contributed by atoms with van der Waals surface area (Å²) in [4.78, 5) is 16.2. The fourth-order valence-corrected chi connectivity index (χ4v) is 3.01. The summed E-state index contributed by atoms with van der Waals surface area (Å²) in [7, 11) is 1.71. The lowest BCUT2D eigenvalue weighted by Crippen LogP contribution is -2.48. The molecule has 0 aliphatic carbocycles. The zero-order chi connectivity index (χ0) is 18.1. The van der Waals surface area contributed by atoms with Crippen molar-refractivity contribution in [1.82, 2.24) is 15.1 Å². The van der Waals surface area contributed by atoms with Gasteiger partial charge in [0.05, 0.1) is 6.54 Å². The first-order valence-corrected chi connectivity index (χ1v) is 9.96. The molecule has 0 radical (unpaired) electrons. The molecular weight excluding hydrogens is 286 g/mol. The molecule has 140 valence electrons. The van der Waals surface area contributed by atoms with E-state index in [1.165, 1.54) is 45.2 Å². The molecule has 4 nitrogen and oxygen atoms in total.